The summed E-state index contributed by atoms with van der Waals surface area (Å²) in [6.45, 7) is 6.97. The van der Waals surface area contributed by atoms with Crippen LogP contribution in [0.15, 0.2) is 24.3 Å². The van der Waals surface area contributed by atoms with Gasteiger partial charge in [0.2, 0.25) is 10.0 Å². The maximum Gasteiger partial charge on any atom is 0.218 e. The van der Waals surface area contributed by atoms with E-state index in [0.717, 1.165) is 17.7 Å². The molecule has 0 aromatic heterocycles. The Kier molecular flexibility index (Phi) is 5.97. The fourth-order valence-corrected chi connectivity index (χ4v) is 3.95. The molecular formula is C14H24N2O2S. The van der Waals surface area contributed by atoms with Crippen LogP contribution in [0.3, 0.4) is 0 Å². The molecule has 5 heteroatoms. The van der Waals surface area contributed by atoms with E-state index >= 15 is 0 Å². The lowest BCUT2D eigenvalue weighted by Crippen LogP contribution is -2.37. The maximum absolute atomic E-state index is 12.3. The fourth-order valence-electron chi connectivity index (χ4n) is 2.13. The van der Waals surface area contributed by atoms with Gasteiger partial charge in [0, 0.05) is 19.1 Å². The molecule has 0 aliphatic carbocycles. The minimum absolute atomic E-state index is 0.00133. The van der Waals surface area contributed by atoms with Crippen molar-refractivity contribution in [1.82, 2.24) is 9.62 Å². The summed E-state index contributed by atoms with van der Waals surface area (Å²) in [6.07, 6.45) is 0. The first-order chi connectivity index (χ1) is 8.90. The fraction of sp³-hybridized carbons (Fsp3) is 0.571. The second-order valence-corrected chi connectivity index (χ2v) is 6.82. The SMILES string of the molecule is CCN(C(C)C)S(=O)(=O)Cc1ccc(CNC)cc1. The van der Waals surface area contributed by atoms with Crippen molar-refractivity contribution in [2.24, 2.45) is 0 Å². The van der Waals surface area contributed by atoms with E-state index in [2.05, 4.69) is 5.32 Å². The molecule has 1 N–H and O–H groups in total. The topological polar surface area (TPSA) is 49.4 Å². The van der Waals surface area contributed by atoms with Gasteiger partial charge in [-0.05, 0) is 32.0 Å². The van der Waals surface area contributed by atoms with Gasteiger partial charge in [-0.1, -0.05) is 31.2 Å². The maximum atomic E-state index is 12.3. The summed E-state index contributed by atoms with van der Waals surface area (Å²) in [4.78, 5) is 0. The second-order valence-electron chi connectivity index (χ2n) is 4.90. The van der Waals surface area contributed by atoms with Crippen molar-refractivity contribution >= 4 is 10.0 Å². The number of hydrogen-bond acceptors (Lipinski definition) is 3. The van der Waals surface area contributed by atoms with Crippen molar-refractivity contribution in [3.05, 3.63) is 35.4 Å². The quantitative estimate of drug-likeness (QED) is 0.833. The smallest absolute Gasteiger partial charge is 0.218 e. The molecular weight excluding hydrogens is 260 g/mol. The molecule has 4 nitrogen and oxygen atoms in total. The normalized spacial score (nSPS) is 12.3. The molecule has 19 heavy (non-hydrogen) atoms. The number of hydrogen-bond donors (Lipinski definition) is 1. The van der Waals surface area contributed by atoms with Crippen LogP contribution in [0.1, 0.15) is 31.9 Å². The highest BCUT2D eigenvalue weighted by Crippen LogP contribution is 2.14. The van der Waals surface area contributed by atoms with Gasteiger partial charge >= 0.3 is 0 Å². The lowest BCUT2D eigenvalue weighted by molar-refractivity contribution is 0.368. The summed E-state index contributed by atoms with van der Waals surface area (Å²) >= 11 is 0. The van der Waals surface area contributed by atoms with E-state index in [-0.39, 0.29) is 11.8 Å². The zero-order valence-corrected chi connectivity index (χ0v) is 13.0. The summed E-state index contributed by atoms with van der Waals surface area (Å²) in [5.41, 5.74) is 1.99. The zero-order chi connectivity index (χ0) is 14.5. The molecule has 0 amide bonds. The van der Waals surface area contributed by atoms with E-state index in [1.165, 1.54) is 4.31 Å². The molecule has 0 atom stereocenters. The molecule has 0 aliphatic heterocycles. The average Bonchev–Trinajstić information content (AvgIpc) is 2.31. The monoisotopic (exact) mass is 284 g/mol. The third-order valence-corrected chi connectivity index (χ3v) is 5.09. The molecule has 0 saturated carbocycles. The highest BCUT2D eigenvalue weighted by atomic mass is 32.2. The van der Waals surface area contributed by atoms with Gasteiger partial charge in [0.05, 0.1) is 5.75 Å². The van der Waals surface area contributed by atoms with Crippen LogP contribution in [0.25, 0.3) is 0 Å². The van der Waals surface area contributed by atoms with E-state index < -0.39 is 10.0 Å². The Labute approximate surface area is 116 Å². The molecule has 0 unspecified atom stereocenters. The minimum Gasteiger partial charge on any atom is -0.316 e. The zero-order valence-electron chi connectivity index (χ0n) is 12.2. The Balaban J connectivity index is 2.83. The van der Waals surface area contributed by atoms with Crippen LogP contribution in [0, 0.1) is 0 Å². The van der Waals surface area contributed by atoms with Gasteiger partial charge in [-0.3, -0.25) is 0 Å². The lowest BCUT2D eigenvalue weighted by atomic mass is 10.1. The summed E-state index contributed by atoms with van der Waals surface area (Å²) < 4.78 is 26.1. The number of rotatable bonds is 7. The summed E-state index contributed by atoms with van der Waals surface area (Å²) in [6, 6.07) is 7.70. The van der Waals surface area contributed by atoms with Crippen molar-refractivity contribution in [2.45, 2.75) is 39.1 Å². The van der Waals surface area contributed by atoms with Crippen LogP contribution in [-0.2, 0) is 22.3 Å². The average molecular weight is 284 g/mol. The van der Waals surface area contributed by atoms with Gasteiger partial charge < -0.3 is 5.32 Å². The van der Waals surface area contributed by atoms with Crippen LogP contribution in [0.5, 0.6) is 0 Å². The largest absolute Gasteiger partial charge is 0.316 e. The molecule has 0 heterocycles. The Bertz CT molecular complexity index is 481. The molecule has 0 fully saturated rings. The van der Waals surface area contributed by atoms with E-state index in [1.807, 2.05) is 52.1 Å². The van der Waals surface area contributed by atoms with Crippen molar-refractivity contribution in [3.63, 3.8) is 0 Å². The Morgan fingerprint density at radius 2 is 1.68 bits per heavy atom. The molecule has 0 bridgehead atoms. The van der Waals surface area contributed by atoms with Crippen molar-refractivity contribution in [3.8, 4) is 0 Å². The second kappa shape index (κ2) is 7.03. The van der Waals surface area contributed by atoms with Gasteiger partial charge in [-0.15, -0.1) is 0 Å². The van der Waals surface area contributed by atoms with Crippen molar-refractivity contribution in [1.29, 1.82) is 0 Å². The molecule has 0 aliphatic rings. The summed E-state index contributed by atoms with van der Waals surface area (Å²) in [5.74, 6) is 0.0683. The predicted molar refractivity (Wildman–Crippen MR) is 79.3 cm³/mol. The third kappa shape index (κ3) is 4.60. The molecule has 1 rings (SSSR count). The first-order valence-electron chi connectivity index (χ1n) is 6.62. The summed E-state index contributed by atoms with van der Waals surface area (Å²) in [5, 5.41) is 3.07. The molecule has 0 radical (unpaired) electrons. The Morgan fingerprint density at radius 1 is 1.16 bits per heavy atom. The Hall–Kier alpha value is -0.910. The predicted octanol–water partition coefficient (Wildman–Crippen LogP) is 1.97. The molecule has 1 aromatic carbocycles. The number of nitrogens with zero attached hydrogens (tertiary/aromatic N) is 1. The van der Waals surface area contributed by atoms with Crippen LogP contribution in [0.4, 0.5) is 0 Å². The van der Waals surface area contributed by atoms with Crippen LogP contribution in [-0.4, -0.2) is 32.4 Å². The Morgan fingerprint density at radius 3 is 2.11 bits per heavy atom. The highest BCUT2D eigenvalue weighted by Gasteiger charge is 2.23. The lowest BCUT2D eigenvalue weighted by Gasteiger charge is -2.24. The van der Waals surface area contributed by atoms with Crippen LogP contribution < -0.4 is 5.32 Å². The van der Waals surface area contributed by atoms with Crippen LogP contribution >= 0.6 is 0 Å². The highest BCUT2D eigenvalue weighted by molar-refractivity contribution is 7.88. The first-order valence-corrected chi connectivity index (χ1v) is 8.23. The van der Waals surface area contributed by atoms with Crippen LogP contribution in [0.2, 0.25) is 0 Å². The number of benzene rings is 1. The van der Waals surface area contributed by atoms with Gasteiger partial charge in [-0.25, -0.2) is 8.42 Å². The third-order valence-electron chi connectivity index (χ3n) is 3.00. The molecule has 0 spiro atoms. The molecule has 0 saturated heterocycles. The van der Waals surface area contributed by atoms with E-state index in [9.17, 15) is 8.42 Å². The number of sulfonamides is 1. The van der Waals surface area contributed by atoms with E-state index in [1.54, 1.807) is 0 Å². The molecule has 108 valence electrons. The first kappa shape index (κ1) is 16.1. The molecule has 1 aromatic rings. The van der Waals surface area contributed by atoms with Crippen molar-refractivity contribution < 1.29 is 8.42 Å². The van der Waals surface area contributed by atoms with Gasteiger partial charge in [0.25, 0.3) is 0 Å². The van der Waals surface area contributed by atoms with E-state index in [4.69, 9.17) is 0 Å². The standard InChI is InChI=1S/C14H24N2O2S/c1-5-16(12(2)3)19(17,18)11-14-8-6-13(7-9-14)10-15-4/h6-9,12,15H,5,10-11H2,1-4H3. The van der Waals surface area contributed by atoms with Gasteiger partial charge in [0.15, 0.2) is 0 Å². The minimum atomic E-state index is -3.23. The summed E-state index contributed by atoms with van der Waals surface area (Å²) in [7, 11) is -1.34. The van der Waals surface area contributed by atoms with Gasteiger partial charge in [-0.2, -0.15) is 4.31 Å². The van der Waals surface area contributed by atoms with Crippen molar-refractivity contribution in [2.75, 3.05) is 13.6 Å². The number of nitrogens with one attached hydrogen (secondary N) is 1. The van der Waals surface area contributed by atoms with E-state index in [0.29, 0.717) is 6.54 Å². The van der Waals surface area contributed by atoms with Gasteiger partial charge in [0.1, 0.15) is 0 Å².